The molecule has 0 amide bonds. The molecule has 4 heteroatoms. The van der Waals surface area contributed by atoms with Gasteiger partial charge in [0.15, 0.2) is 6.04 Å². The van der Waals surface area contributed by atoms with Crippen molar-refractivity contribution in [1.82, 2.24) is 0 Å². The van der Waals surface area contributed by atoms with Gasteiger partial charge in [0.05, 0.1) is 19.7 Å². The molecule has 18 heavy (non-hydrogen) atoms. The molecule has 1 atom stereocenters. The van der Waals surface area contributed by atoms with Gasteiger partial charge in [-0.15, -0.1) is 0 Å². The van der Waals surface area contributed by atoms with Crippen molar-refractivity contribution < 1.29 is 20.3 Å². The molecule has 2 rings (SSSR count). The summed E-state index contributed by atoms with van der Waals surface area (Å²) in [6, 6.07) is 8.84. The zero-order chi connectivity index (χ0) is 13.0. The zero-order valence-corrected chi connectivity index (χ0v) is 11.5. The second kappa shape index (κ2) is 6.18. The second-order valence-electron chi connectivity index (χ2n) is 5.20. The number of ether oxygens (including phenoxy) is 1. The molecule has 0 spiro atoms. The van der Waals surface area contributed by atoms with E-state index in [1.165, 1.54) is 31.7 Å². The van der Waals surface area contributed by atoms with Gasteiger partial charge in [-0.25, -0.2) is 0 Å². The molecule has 1 aromatic rings. The first-order valence-electron chi connectivity index (χ1n) is 6.84. The molecule has 0 aliphatic carbocycles. The average Bonchev–Trinajstić information content (AvgIpc) is 2.42. The van der Waals surface area contributed by atoms with Crippen molar-refractivity contribution in [1.29, 1.82) is 0 Å². The number of nitrogens with one attached hydrogen (secondary N) is 2. The lowest BCUT2D eigenvalue weighted by molar-refractivity contribution is -1.02. The minimum atomic E-state index is 0.467. The van der Waals surface area contributed by atoms with Crippen LogP contribution in [0.2, 0.25) is 0 Å². The van der Waals surface area contributed by atoms with E-state index in [0.717, 1.165) is 12.3 Å². The highest BCUT2D eigenvalue weighted by atomic mass is 16.5. The summed E-state index contributed by atoms with van der Waals surface area (Å²) in [6.45, 7) is 5.88. The largest absolute Gasteiger partial charge is 0.496 e. The molecular weight excluding hydrogens is 226 g/mol. The lowest BCUT2D eigenvalue weighted by atomic mass is 10.0. The zero-order valence-electron chi connectivity index (χ0n) is 11.5. The SMILES string of the molecule is COc1ccccc1[C@@H](C[NH3+])[NH+]1CC[NH+](C)CC1. The number of piperazine rings is 1. The Balaban J connectivity index is 2.17. The van der Waals surface area contributed by atoms with Crippen LogP contribution in [0.25, 0.3) is 0 Å². The smallest absolute Gasteiger partial charge is 0.166 e. The van der Waals surface area contributed by atoms with E-state index in [9.17, 15) is 0 Å². The average molecular weight is 252 g/mol. The van der Waals surface area contributed by atoms with Crippen molar-refractivity contribution in [3.05, 3.63) is 29.8 Å². The fourth-order valence-electron chi connectivity index (χ4n) is 2.88. The molecule has 1 aliphatic rings. The van der Waals surface area contributed by atoms with Gasteiger partial charge in [0.1, 0.15) is 38.5 Å². The van der Waals surface area contributed by atoms with E-state index in [1.54, 1.807) is 16.9 Å². The lowest BCUT2D eigenvalue weighted by Gasteiger charge is -2.32. The Kier molecular flexibility index (Phi) is 4.58. The van der Waals surface area contributed by atoms with Crippen molar-refractivity contribution in [2.24, 2.45) is 0 Å². The first-order valence-corrected chi connectivity index (χ1v) is 6.84. The Hall–Kier alpha value is -1.10. The number of hydrogen-bond acceptors (Lipinski definition) is 1. The van der Waals surface area contributed by atoms with Gasteiger partial charge in [0, 0.05) is 0 Å². The molecule has 1 saturated heterocycles. The summed E-state index contributed by atoms with van der Waals surface area (Å²) < 4.78 is 5.49. The van der Waals surface area contributed by atoms with Crippen LogP contribution in [-0.2, 0) is 0 Å². The first-order chi connectivity index (χ1) is 8.76. The number of methoxy groups -OCH3 is 1. The Morgan fingerprint density at radius 1 is 1.22 bits per heavy atom. The van der Waals surface area contributed by atoms with Gasteiger partial charge in [0.25, 0.3) is 0 Å². The number of likely N-dealkylation sites (N-methyl/N-ethyl adjacent to an activating group) is 1. The third-order valence-corrected chi connectivity index (χ3v) is 4.04. The van der Waals surface area contributed by atoms with Gasteiger partial charge >= 0.3 is 0 Å². The molecule has 4 nitrogen and oxygen atoms in total. The first kappa shape index (κ1) is 13.3. The number of hydrogen-bond donors (Lipinski definition) is 3. The van der Waals surface area contributed by atoms with Gasteiger partial charge < -0.3 is 20.3 Å². The summed E-state index contributed by atoms with van der Waals surface area (Å²) in [5.41, 5.74) is 5.46. The van der Waals surface area contributed by atoms with E-state index in [1.807, 2.05) is 6.07 Å². The van der Waals surface area contributed by atoms with Gasteiger partial charge in [0.2, 0.25) is 0 Å². The van der Waals surface area contributed by atoms with Crippen LogP contribution in [0.1, 0.15) is 11.6 Å². The Bertz CT molecular complexity index is 375. The molecular formula is C14H26N3O+3. The molecule has 0 aromatic heterocycles. The number of quaternary nitrogens is 3. The summed E-state index contributed by atoms with van der Waals surface area (Å²) in [7, 11) is 4.03. The second-order valence-corrected chi connectivity index (χ2v) is 5.20. The maximum absolute atomic E-state index is 5.49. The maximum Gasteiger partial charge on any atom is 0.166 e. The van der Waals surface area contributed by atoms with Crippen molar-refractivity contribution in [2.75, 3.05) is 46.9 Å². The molecule has 5 N–H and O–H groups in total. The fourth-order valence-corrected chi connectivity index (χ4v) is 2.88. The predicted molar refractivity (Wildman–Crippen MR) is 70.8 cm³/mol. The summed E-state index contributed by atoms with van der Waals surface area (Å²) in [5, 5.41) is 0. The summed E-state index contributed by atoms with van der Waals surface area (Å²) >= 11 is 0. The maximum atomic E-state index is 5.49. The molecule has 1 aliphatic heterocycles. The monoisotopic (exact) mass is 252 g/mol. The fraction of sp³-hybridized carbons (Fsp3) is 0.571. The van der Waals surface area contributed by atoms with Crippen LogP contribution in [0.3, 0.4) is 0 Å². The van der Waals surface area contributed by atoms with Crippen LogP contribution in [0.5, 0.6) is 5.75 Å². The molecule has 1 aromatic carbocycles. The van der Waals surface area contributed by atoms with Gasteiger partial charge in [-0.3, -0.25) is 0 Å². The molecule has 100 valence electrons. The van der Waals surface area contributed by atoms with E-state index in [4.69, 9.17) is 4.74 Å². The number of benzene rings is 1. The summed E-state index contributed by atoms with van der Waals surface area (Å²) in [4.78, 5) is 3.29. The third-order valence-electron chi connectivity index (χ3n) is 4.04. The molecule has 1 fully saturated rings. The van der Waals surface area contributed by atoms with Gasteiger partial charge in [-0.2, -0.15) is 0 Å². The molecule has 0 saturated carbocycles. The van der Waals surface area contributed by atoms with Crippen LogP contribution in [-0.4, -0.2) is 46.9 Å². The molecule has 0 unspecified atom stereocenters. The minimum Gasteiger partial charge on any atom is -0.496 e. The van der Waals surface area contributed by atoms with Crippen LogP contribution in [0, 0.1) is 0 Å². The highest BCUT2D eigenvalue weighted by Crippen LogP contribution is 2.22. The van der Waals surface area contributed by atoms with E-state index in [0.29, 0.717) is 6.04 Å². The van der Waals surface area contributed by atoms with E-state index >= 15 is 0 Å². The van der Waals surface area contributed by atoms with E-state index in [2.05, 4.69) is 31.0 Å². The van der Waals surface area contributed by atoms with Crippen LogP contribution < -0.4 is 20.3 Å². The lowest BCUT2D eigenvalue weighted by Crippen LogP contribution is -3.27. The van der Waals surface area contributed by atoms with Crippen molar-refractivity contribution in [2.45, 2.75) is 6.04 Å². The van der Waals surface area contributed by atoms with Crippen molar-refractivity contribution in [3.63, 3.8) is 0 Å². The van der Waals surface area contributed by atoms with E-state index in [-0.39, 0.29) is 0 Å². The number of para-hydroxylation sites is 1. The highest BCUT2D eigenvalue weighted by molar-refractivity contribution is 5.34. The third kappa shape index (κ3) is 2.83. The van der Waals surface area contributed by atoms with Gasteiger partial charge in [-0.1, -0.05) is 12.1 Å². The topological polar surface area (TPSA) is 45.8 Å². The normalized spacial score (nSPS) is 25.7. The summed E-state index contributed by atoms with van der Waals surface area (Å²) in [6.07, 6.45) is 0. The molecule has 0 radical (unpaired) electrons. The Labute approximate surface area is 109 Å². The van der Waals surface area contributed by atoms with E-state index < -0.39 is 0 Å². The van der Waals surface area contributed by atoms with Crippen molar-refractivity contribution >= 4 is 0 Å². The quantitative estimate of drug-likeness (QED) is 0.540. The number of rotatable bonds is 4. The molecule has 1 heterocycles. The van der Waals surface area contributed by atoms with Crippen LogP contribution in [0.4, 0.5) is 0 Å². The molecule has 0 bridgehead atoms. The van der Waals surface area contributed by atoms with Crippen LogP contribution in [0.15, 0.2) is 24.3 Å². The standard InChI is InChI=1S/C14H23N3O/c1-16-7-9-17(10-8-16)13(11-15)12-5-3-4-6-14(12)18-2/h3-6,13H,7-11,15H2,1-2H3/p+3/t13-/m1/s1. The predicted octanol–water partition coefficient (Wildman–Crippen LogP) is -2.61. The van der Waals surface area contributed by atoms with Gasteiger partial charge in [-0.05, 0) is 12.1 Å². The van der Waals surface area contributed by atoms with Crippen molar-refractivity contribution in [3.8, 4) is 5.75 Å². The summed E-state index contributed by atoms with van der Waals surface area (Å²) in [5.74, 6) is 1.00. The Morgan fingerprint density at radius 3 is 2.50 bits per heavy atom. The Morgan fingerprint density at radius 2 is 1.89 bits per heavy atom. The minimum absolute atomic E-state index is 0.467. The highest BCUT2D eigenvalue weighted by Gasteiger charge is 2.31. The van der Waals surface area contributed by atoms with Crippen LogP contribution >= 0.6 is 0 Å².